The molecule has 0 radical (unpaired) electrons. The first-order chi connectivity index (χ1) is 12.2. The van der Waals surface area contributed by atoms with Gasteiger partial charge in [-0.25, -0.2) is 0 Å². The smallest absolute Gasteiger partial charge is 0.172 e. The van der Waals surface area contributed by atoms with Crippen LogP contribution in [0.1, 0.15) is 27.1 Å². The summed E-state index contributed by atoms with van der Waals surface area (Å²) in [5.74, 6) is -0.383. The molecule has 0 spiro atoms. The largest absolute Gasteiger partial charge is 0.294 e. The van der Waals surface area contributed by atoms with Gasteiger partial charge >= 0.3 is 0 Å². The number of fused-ring (bicyclic) bond motifs is 3. The van der Waals surface area contributed by atoms with E-state index in [2.05, 4.69) is 4.98 Å². The molecule has 3 nitrogen and oxygen atoms in total. The van der Waals surface area contributed by atoms with E-state index in [0.29, 0.717) is 11.1 Å². The number of ketones is 2. The Balaban J connectivity index is 1.80. The van der Waals surface area contributed by atoms with Crippen LogP contribution in [0.15, 0.2) is 79.1 Å². The summed E-state index contributed by atoms with van der Waals surface area (Å²) < 4.78 is 0. The molecule has 0 fully saturated rings. The summed E-state index contributed by atoms with van der Waals surface area (Å²) in [5, 5.41) is 4.01. The first kappa shape index (κ1) is 15.2. The van der Waals surface area contributed by atoms with Gasteiger partial charge in [0.25, 0.3) is 0 Å². The van der Waals surface area contributed by atoms with Gasteiger partial charge in [0.2, 0.25) is 0 Å². The third-order valence-electron chi connectivity index (χ3n) is 4.37. The molecule has 25 heavy (non-hydrogen) atoms. The van der Waals surface area contributed by atoms with E-state index in [0.717, 1.165) is 21.5 Å². The van der Waals surface area contributed by atoms with E-state index in [1.807, 2.05) is 54.6 Å². The maximum Gasteiger partial charge on any atom is 0.172 e. The Hall–Kier alpha value is -3.33. The predicted octanol–water partition coefficient (Wildman–Crippen LogP) is 4.84. The predicted molar refractivity (Wildman–Crippen MR) is 99.0 cm³/mol. The zero-order valence-electron chi connectivity index (χ0n) is 13.5. The molecule has 3 heteroatoms. The van der Waals surface area contributed by atoms with Gasteiger partial charge in [0.1, 0.15) is 0 Å². The van der Waals surface area contributed by atoms with Gasteiger partial charge in [0.05, 0.1) is 6.42 Å². The maximum absolute atomic E-state index is 12.8. The van der Waals surface area contributed by atoms with Crippen LogP contribution in [0, 0.1) is 0 Å². The van der Waals surface area contributed by atoms with Gasteiger partial charge in [-0.15, -0.1) is 0 Å². The molecule has 0 aliphatic rings. The molecule has 0 N–H and O–H groups in total. The van der Waals surface area contributed by atoms with Crippen molar-refractivity contribution in [1.82, 2.24) is 4.98 Å². The van der Waals surface area contributed by atoms with Crippen molar-refractivity contribution in [2.45, 2.75) is 6.42 Å². The van der Waals surface area contributed by atoms with Gasteiger partial charge in [-0.05, 0) is 39.7 Å². The summed E-state index contributed by atoms with van der Waals surface area (Å²) >= 11 is 0. The van der Waals surface area contributed by atoms with Gasteiger partial charge in [-0.3, -0.25) is 14.6 Å². The Labute approximate surface area is 144 Å². The number of rotatable bonds is 4. The van der Waals surface area contributed by atoms with Gasteiger partial charge in [-0.2, -0.15) is 0 Å². The molecule has 0 unspecified atom stereocenters. The van der Waals surface area contributed by atoms with Crippen molar-refractivity contribution in [2.75, 3.05) is 0 Å². The first-order valence-corrected chi connectivity index (χ1v) is 8.11. The first-order valence-electron chi connectivity index (χ1n) is 8.11. The van der Waals surface area contributed by atoms with E-state index < -0.39 is 0 Å². The van der Waals surface area contributed by atoms with Crippen molar-refractivity contribution < 1.29 is 9.59 Å². The molecule has 1 heterocycles. The molecule has 4 aromatic rings. The minimum Gasteiger partial charge on any atom is -0.294 e. The number of aromatic nitrogens is 1. The molecular weight excluding hydrogens is 310 g/mol. The minimum absolute atomic E-state index is 0.159. The van der Waals surface area contributed by atoms with Crippen molar-refractivity contribution >= 4 is 33.1 Å². The summed E-state index contributed by atoms with van der Waals surface area (Å²) in [6, 6.07) is 21.1. The zero-order valence-corrected chi connectivity index (χ0v) is 13.5. The van der Waals surface area contributed by atoms with E-state index >= 15 is 0 Å². The Morgan fingerprint density at radius 2 is 1.48 bits per heavy atom. The number of Topliss-reactive ketones (excluding diaryl/α,β-unsaturated/α-hetero) is 2. The highest BCUT2D eigenvalue weighted by Gasteiger charge is 2.17. The van der Waals surface area contributed by atoms with Crippen LogP contribution in [0.5, 0.6) is 0 Å². The summed E-state index contributed by atoms with van der Waals surface area (Å²) in [4.78, 5) is 29.2. The number of hydrogen-bond acceptors (Lipinski definition) is 3. The van der Waals surface area contributed by atoms with Crippen molar-refractivity contribution in [1.29, 1.82) is 0 Å². The average Bonchev–Trinajstić information content (AvgIpc) is 2.68. The molecule has 3 aromatic carbocycles. The summed E-state index contributed by atoms with van der Waals surface area (Å²) in [6.07, 6.45) is 2.94. The van der Waals surface area contributed by atoms with Crippen LogP contribution in [-0.4, -0.2) is 16.6 Å². The van der Waals surface area contributed by atoms with E-state index in [1.54, 1.807) is 18.3 Å². The van der Waals surface area contributed by atoms with Gasteiger partial charge in [0.15, 0.2) is 11.6 Å². The van der Waals surface area contributed by atoms with Crippen LogP contribution >= 0.6 is 0 Å². The van der Waals surface area contributed by atoms with Gasteiger partial charge in [-0.1, -0.05) is 48.5 Å². The molecule has 0 saturated heterocycles. The molecule has 0 bridgehead atoms. The van der Waals surface area contributed by atoms with Crippen LogP contribution in [0.4, 0.5) is 0 Å². The lowest BCUT2D eigenvalue weighted by Crippen LogP contribution is -2.09. The number of pyridine rings is 1. The van der Waals surface area contributed by atoms with Crippen LogP contribution in [-0.2, 0) is 0 Å². The average molecular weight is 325 g/mol. The number of nitrogens with zero attached hydrogens (tertiary/aromatic N) is 1. The lowest BCUT2D eigenvalue weighted by atomic mass is 9.93. The molecule has 1 aromatic heterocycles. The van der Waals surface area contributed by atoms with E-state index in [-0.39, 0.29) is 18.0 Å². The minimum atomic E-state index is -0.213. The quantitative estimate of drug-likeness (QED) is 0.306. The van der Waals surface area contributed by atoms with Gasteiger partial charge < -0.3 is 0 Å². The second kappa shape index (κ2) is 6.29. The highest BCUT2D eigenvalue weighted by molar-refractivity contribution is 6.22. The van der Waals surface area contributed by atoms with Crippen molar-refractivity contribution in [3.63, 3.8) is 0 Å². The van der Waals surface area contributed by atoms with E-state index in [1.165, 1.54) is 6.20 Å². The lowest BCUT2D eigenvalue weighted by molar-refractivity contribution is 0.0895. The molecule has 0 atom stereocenters. The number of hydrogen-bond donors (Lipinski definition) is 0. The Morgan fingerprint density at radius 3 is 2.24 bits per heavy atom. The third-order valence-corrected chi connectivity index (χ3v) is 4.37. The second-order valence-electron chi connectivity index (χ2n) is 5.96. The highest BCUT2D eigenvalue weighted by Crippen LogP contribution is 2.29. The molecule has 4 rings (SSSR count). The third kappa shape index (κ3) is 2.81. The SMILES string of the molecule is O=C(CC(=O)c1cc2ccccc2c2ccccc12)c1cccnc1. The monoisotopic (exact) mass is 325 g/mol. The molecule has 120 valence electrons. The number of carbonyl (C=O) groups is 2. The van der Waals surface area contributed by atoms with E-state index in [4.69, 9.17) is 0 Å². The summed E-state index contributed by atoms with van der Waals surface area (Å²) in [5.41, 5.74) is 1.05. The molecular formula is C22H15NO2. The summed E-state index contributed by atoms with van der Waals surface area (Å²) in [6.45, 7) is 0. The topological polar surface area (TPSA) is 47.0 Å². The molecule has 0 aliphatic heterocycles. The molecule has 0 amide bonds. The normalized spacial score (nSPS) is 10.9. The Kier molecular flexibility index (Phi) is 3.82. The number of carbonyl (C=O) groups excluding carboxylic acids is 2. The maximum atomic E-state index is 12.8. The zero-order chi connectivity index (χ0) is 17.2. The number of benzene rings is 3. The lowest BCUT2D eigenvalue weighted by Gasteiger charge is -2.09. The van der Waals surface area contributed by atoms with Crippen LogP contribution in [0.25, 0.3) is 21.5 Å². The van der Waals surface area contributed by atoms with Crippen molar-refractivity contribution in [2.24, 2.45) is 0 Å². The molecule has 0 saturated carbocycles. The highest BCUT2D eigenvalue weighted by atomic mass is 16.1. The molecule has 0 aliphatic carbocycles. The van der Waals surface area contributed by atoms with Crippen molar-refractivity contribution in [3.05, 3.63) is 90.3 Å². The fraction of sp³-hybridized carbons (Fsp3) is 0.0455. The van der Waals surface area contributed by atoms with Crippen LogP contribution in [0.3, 0.4) is 0 Å². The Morgan fingerprint density at radius 1 is 0.760 bits per heavy atom. The second-order valence-corrected chi connectivity index (χ2v) is 5.96. The van der Waals surface area contributed by atoms with Crippen LogP contribution < -0.4 is 0 Å². The summed E-state index contributed by atoms with van der Waals surface area (Å²) in [7, 11) is 0. The Bertz CT molecular complexity index is 1100. The van der Waals surface area contributed by atoms with Gasteiger partial charge in [0, 0.05) is 23.5 Å². The van der Waals surface area contributed by atoms with E-state index in [9.17, 15) is 9.59 Å². The standard InChI is InChI=1S/C22H15NO2/c24-21(16-7-5-11-23-14-16)13-22(25)20-12-15-6-1-2-8-17(15)18-9-3-4-10-19(18)20/h1-12,14H,13H2. The van der Waals surface area contributed by atoms with Crippen molar-refractivity contribution in [3.8, 4) is 0 Å². The fourth-order valence-electron chi connectivity index (χ4n) is 3.16. The fourth-order valence-corrected chi connectivity index (χ4v) is 3.16. The van der Waals surface area contributed by atoms with Crippen LogP contribution in [0.2, 0.25) is 0 Å².